The van der Waals surface area contributed by atoms with Crippen molar-refractivity contribution in [1.29, 1.82) is 0 Å². The summed E-state index contributed by atoms with van der Waals surface area (Å²) in [6, 6.07) is 18.9. The molecule has 3 aromatic carbocycles. The van der Waals surface area contributed by atoms with Crippen molar-refractivity contribution < 1.29 is 31.5 Å². The Kier molecular flexibility index (Phi) is 8.05. The fraction of sp³-hybridized carbons (Fsp3) is 0.256. The molecule has 0 saturated carbocycles. The monoisotopic (exact) mass is 738 g/mol. The summed E-state index contributed by atoms with van der Waals surface area (Å²) in [6.45, 7) is 5.44. The van der Waals surface area contributed by atoms with Crippen molar-refractivity contribution in [2.75, 3.05) is 37.7 Å². The number of pyridine rings is 1. The number of likely N-dealkylation sites (tertiary alicyclic amines) is 1. The molecule has 0 bridgehead atoms. The van der Waals surface area contributed by atoms with Crippen LogP contribution in [0.4, 0.5) is 14.5 Å². The number of amides is 1. The van der Waals surface area contributed by atoms with Crippen LogP contribution in [-0.4, -0.2) is 77.7 Å². The standard InChI is InChI=1S/C39H36F2N6O5S/c1-39(2,49)22-18-46(19-22)20-34-43-29-14-13-28(44-36(29)32-16-24-27(41)7-6-8-30(24)47(32)34)25-15-26-33(17-31(25)45(4)53(5,50)51)52-37(35(26)38(48)42-3)21-9-11-23(40)12-10-21/h6-17,22,49H,18-20H2,1-5H3,(H,42,48). The minimum absolute atomic E-state index is 0.115. The van der Waals surface area contributed by atoms with Gasteiger partial charge in [-0.15, -0.1) is 0 Å². The highest BCUT2D eigenvalue weighted by Gasteiger charge is 2.38. The summed E-state index contributed by atoms with van der Waals surface area (Å²) in [5, 5.41) is 13.9. The van der Waals surface area contributed by atoms with Gasteiger partial charge in [-0.25, -0.2) is 27.2 Å². The number of hydrogen-bond donors (Lipinski definition) is 2. The number of fused-ring (bicyclic) bond motifs is 6. The molecular formula is C39H36F2N6O5S. The molecule has 0 aliphatic carbocycles. The molecule has 5 heterocycles. The number of benzene rings is 3. The Labute approximate surface area is 303 Å². The first-order chi connectivity index (χ1) is 25.1. The molecule has 4 aromatic heterocycles. The van der Waals surface area contributed by atoms with Crippen molar-refractivity contribution >= 4 is 60.0 Å². The van der Waals surface area contributed by atoms with Crippen LogP contribution in [0.5, 0.6) is 0 Å². The number of sulfonamides is 1. The molecule has 53 heavy (non-hydrogen) atoms. The van der Waals surface area contributed by atoms with E-state index in [9.17, 15) is 22.7 Å². The smallest absolute Gasteiger partial charge is 0.255 e. The van der Waals surface area contributed by atoms with Gasteiger partial charge in [0.1, 0.15) is 34.3 Å². The zero-order chi connectivity index (χ0) is 37.6. The number of nitrogens with zero attached hydrogens (tertiary/aromatic N) is 5. The van der Waals surface area contributed by atoms with Crippen molar-refractivity contribution in [2.45, 2.75) is 26.0 Å². The van der Waals surface area contributed by atoms with Crippen LogP contribution in [0.1, 0.15) is 30.0 Å². The molecule has 7 aromatic rings. The quantitative estimate of drug-likeness (QED) is 0.184. The molecule has 8 rings (SSSR count). The van der Waals surface area contributed by atoms with Gasteiger partial charge >= 0.3 is 0 Å². The molecule has 2 N–H and O–H groups in total. The van der Waals surface area contributed by atoms with Crippen LogP contribution in [0, 0.1) is 17.6 Å². The van der Waals surface area contributed by atoms with Gasteiger partial charge in [-0.05, 0) is 74.5 Å². The van der Waals surface area contributed by atoms with Crippen LogP contribution in [-0.2, 0) is 16.6 Å². The molecule has 11 nitrogen and oxygen atoms in total. The predicted molar refractivity (Wildman–Crippen MR) is 200 cm³/mol. The number of aromatic nitrogens is 3. The fourth-order valence-electron chi connectivity index (χ4n) is 7.10. The summed E-state index contributed by atoms with van der Waals surface area (Å²) in [6.07, 6.45) is 1.08. The SMILES string of the molecule is CNC(=O)c1c(-c2ccc(F)cc2)oc2cc(N(C)S(C)(=O)=O)c(-c3ccc4nc(CN5CC(C(C)(C)O)C5)n5c6cccc(F)c6cc5c4n3)cc12. The molecule has 0 unspecified atom stereocenters. The Hall–Kier alpha value is -5.44. The van der Waals surface area contributed by atoms with E-state index in [4.69, 9.17) is 14.4 Å². The lowest BCUT2D eigenvalue weighted by atomic mass is 9.84. The van der Waals surface area contributed by atoms with Gasteiger partial charge in [0.05, 0.1) is 51.9 Å². The van der Waals surface area contributed by atoms with E-state index in [-0.39, 0.29) is 28.5 Å². The summed E-state index contributed by atoms with van der Waals surface area (Å²) in [5.41, 5.74) is 3.29. The minimum Gasteiger partial charge on any atom is -0.455 e. The maximum absolute atomic E-state index is 15.3. The van der Waals surface area contributed by atoms with E-state index in [0.717, 1.165) is 10.6 Å². The number of anilines is 1. The van der Waals surface area contributed by atoms with Crippen LogP contribution in [0.3, 0.4) is 0 Å². The topological polar surface area (TPSA) is 133 Å². The van der Waals surface area contributed by atoms with E-state index in [0.29, 0.717) is 75.1 Å². The van der Waals surface area contributed by atoms with Gasteiger partial charge in [0.15, 0.2) is 0 Å². The van der Waals surface area contributed by atoms with Crippen molar-refractivity contribution in [2.24, 2.45) is 5.92 Å². The summed E-state index contributed by atoms with van der Waals surface area (Å²) < 4.78 is 64.3. The first kappa shape index (κ1) is 34.6. The Morgan fingerprint density at radius 2 is 1.75 bits per heavy atom. The summed E-state index contributed by atoms with van der Waals surface area (Å²) in [7, 11) is -0.901. The maximum atomic E-state index is 15.3. The lowest BCUT2D eigenvalue weighted by Crippen LogP contribution is -2.55. The van der Waals surface area contributed by atoms with Crippen LogP contribution >= 0.6 is 0 Å². The number of hydrogen-bond acceptors (Lipinski definition) is 8. The number of aliphatic hydroxyl groups is 1. The predicted octanol–water partition coefficient (Wildman–Crippen LogP) is 6.35. The Morgan fingerprint density at radius 1 is 1.02 bits per heavy atom. The highest BCUT2D eigenvalue weighted by Crippen LogP contribution is 2.42. The molecule has 1 aliphatic heterocycles. The molecule has 0 radical (unpaired) electrons. The second-order valence-electron chi connectivity index (χ2n) is 14.2. The third kappa shape index (κ3) is 5.86. The second kappa shape index (κ2) is 12.3. The summed E-state index contributed by atoms with van der Waals surface area (Å²) in [4.78, 5) is 25.6. The van der Waals surface area contributed by atoms with Crippen molar-refractivity contribution in [3.63, 3.8) is 0 Å². The number of carbonyl (C=O) groups is 1. The normalized spacial score (nSPS) is 14.4. The Balaban J connectivity index is 1.36. The number of rotatable bonds is 8. The maximum Gasteiger partial charge on any atom is 0.255 e. The minimum atomic E-state index is -3.80. The summed E-state index contributed by atoms with van der Waals surface area (Å²) in [5.74, 6) is -0.328. The molecular weight excluding hydrogens is 703 g/mol. The molecule has 1 aliphatic rings. The van der Waals surface area contributed by atoms with Crippen molar-refractivity contribution in [3.8, 4) is 22.6 Å². The van der Waals surface area contributed by atoms with Gasteiger partial charge < -0.3 is 14.8 Å². The number of furan rings is 1. The largest absolute Gasteiger partial charge is 0.455 e. The van der Waals surface area contributed by atoms with E-state index in [2.05, 4.69) is 10.2 Å². The zero-order valence-corrected chi connectivity index (χ0v) is 30.4. The third-order valence-electron chi connectivity index (χ3n) is 10.2. The van der Waals surface area contributed by atoms with Crippen molar-refractivity contribution in [1.82, 2.24) is 24.6 Å². The van der Waals surface area contributed by atoms with Gasteiger partial charge in [0.2, 0.25) is 10.0 Å². The van der Waals surface area contributed by atoms with Crippen molar-refractivity contribution in [3.05, 3.63) is 95.8 Å². The fourth-order valence-corrected chi connectivity index (χ4v) is 7.61. The number of carbonyl (C=O) groups excluding carboxylic acids is 1. The molecule has 0 spiro atoms. The van der Waals surface area contributed by atoms with Gasteiger partial charge in [-0.3, -0.25) is 18.4 Å². The van der Waals surface area contributed by atoms with E-state index in [1.165, 1.54) is 44.4 Å². The van der Waals surface area contributed by atoms with Gasteiger partial charge in [-0.1, -0.05) is 6.07 Å². The lowest BCUT2D eigenvalue weighted by Gasteiger charge is -2.45. The first-order valence-corrected chi connectivity index (χ1v) is 18.8. The van der Waals surface area contributed by atoms with E-state index >= 15 is 4.39 Å². The van der Waals surface area contributed by atoms with Crippen LogP contribution in [0.25, 0.3) is 61.0 Å². The molecule has 0 atom stereocenters. The third-order valence-corrected chi connectivity index (χ3v) is 11.4. The number of nitrogens with one attached hydrogen (secondary N) is 1. The lowest BCUT2D eigenvalue weighted by molar-refractivity contribution is -0.0655. The molecule has 272 valence electrons. The molecule has 1 amide bonds. The van der Waals surface area contributed by atoms with Crippen LogP contribution in [0.2, 0.25) is 0 Å². The Morgan fingerprint density at radius 3 is 2.43 bits per heavy atom. The highest BCUT2D eigenvalue weighted by molar-refractivity contribution is 7.92. The van der Waals surface area contributed by atoms with Gasteiger partial charge in [0.25, 0.3) is 5.91 Å². The second-order valence-corrected chi connectivity index (χ2v) is 16.2. The van der Waals surface area contributed by atoms with Gasteiger partial charge in [-0.2, -0.15) is 0 Å². The van der Waals surface area contributed by atoms with Crippen LogP contribution < -0.4 is 9.62 Å². The zero-order valence-electron chi connectivity index (χ0n) is 29.6. The summed E-state index contributed by atoms with van der Waals surface area (Å²) >= 11 is 0. The van der Waals surface area contributed by atoms with Gasteiger partial charge in [0, 0.05) is 61.1 Å². The van der Waals surface area contributed by atoms with E-state index < -0.39 is 33.2 Å². The first-order valence-electron chi connectivity index (χ1n) is 17.0. The Bertz CT molecular complexity index is 2730. The van der Waals surface area contributed by atoms with E-state index in [1.807, 2.05) is 10.5 Å². The molecule has 1 saturated heterocycles. The average Bonchev–Trinajstić information content (AvgIpc) is 3.68. The molecule has 1 fully saturated rings. The van der Waals surface area contributed by atoms with E-state index in [1.54, 1.807) is 50.2 Å². The van der Waals surface area contributed by atoms with Crippen LogP contribution in [0.15, 0.2) is 77.2 Å². The number of halogens is 2. The highest BCUT2D eigenvalue weighted by atomic mass is 32.2. The molecule has 14 heteroatoms. The average molecular weight is 739 g/mol.